The largest absolute Gasteiger partial charge is 0.462 e. The van der Waals surface area contributed by atoms with Crippen molar-refractivity contribution in [2.75, 3.05) is 19.0 Å². The van der Waals surface area contributed by atoms with E-state index in [1.807, 2.05) is 6.07 Å². The molecule has 0 unspecified atom stereocenters. The van der Waals surface area contributed by atoms with Crippen molar-refractivity contribution < 1.29 is 22.7 Å². The van der Waals surface area contributed by atoms with Crippen molar-refractivity contribution >= 4 is 38.2 Å². The lowest BCUT2D eigenvalue weighted by molar-refractivity contribution is 0.0531. The molecule has 1 amide bonds. The molecule has 1 fully saturated rings. The first-order valence-corrected chi connectivity index (χ1v) is 11.6. The standard InChI is InChI=1S/C20H21N3O5S2/c1-4-28-20(25)17-12(2)16(11-21)19(29-17)22-18(24)13-5-9-15(10-6-13)30(26,27)23(3)14-7-8-14/h5-6,9-10,14H,4,7-8H2,1-3H3,(H,22,24). The molecule has 0 radical (unpaired) electrons. The third-order valence-corrected chi connectivity index (χ3v) is 7.91. The van der Waals surface area contributed by atoms with Crippen LogP contribution in [0.2, 0.25) is 0 Å². The Hall–Kier alpha value is -2.74. The molecule has 0 bridgehead atoms. The van der Waals surface area contributed by atoms with Gasteiger partial charge in [0.15, 0.2) is 0 Å². The summed E-state index contributed by atoms with van der Waals surface area (Å²) in [7, 11) is -2.04. The molecule has 3 rings (SSSR count). The van der Waals surface area contributed by atoms with Crippen LogP contribution in [0, 0.1) is 18.3 Å². The van der Waals surface area contributed by atoms with Crippen molar-refractivity contribution in [1.29, 1.82) is 5.26 Å². The van der Waals surface area contributed by atoms with Crippen LogP contribution in [0.25, 0.3) is 0 Å². The Bertz CT molecular complexity index is 1130. The van der Waals surface area contributed by atoms with E-state index >= 15 is 0 Å². The van der Waals surface area contributed by atoms with E-state index in [9.17, 15) is 23.3 Å². The minimum Gasteiger partial charge on any atom is -0.462 e. The van der Waals surface area contributed by atoms with Crippen LogP contribution in [-0.4, -0.2) is 44.3 Å². The van der Waals surface area contributed by atoms with E-state index < -0.39 is 21.9 Å². The predicted octanol–water partition coefficient (Wildman–Crippen LogP) is 3.14. The van der Waals surface area contributed by atoms with Crippen molar-refractivity contribution in [2.24, 2.45) is 0 Å². The quantitative estimate of drug-likeness (QED) is 0.652. The maximum Gasteiger partial charge on any atom is 0.348 e. The fourth-order valence-electron chi connectivity index (χ4n) is 2.88. The fourth-order valence-corrected chi connectivity index (χ4v) is 5.34. The number of anilines is 1. The Kier molecular flexibility index (Phi) is 6.26. The van der Waals surface area contributed by atoms with Crippen LogP contribution >= 0.6 is 11.3 Å². The van der Waals surface area contributed by atoms with Crippen LogP contribution in [0.4, 0.5) is 5.00 Å². The third kappa shape index (κ3) is 4.23. The lowest BCUT2D eigenvalue weighted by Crippen LogP contribution is -2.29. The van der Waals surface area contributed by atoms with Crippen molar-refractivity contribution in [3.63, 3.8) is 0 Å². The summed E-state index contributed by atoms with van der Waals surface area (Å²) in [6, 6.07) is 7.65. The molecule has 1 aromatic carbocycles. The van der Waals surface area contributed by atoms with E-state index in [-0.39, 0.29) is 38.5 Å². The van der Waals surface area contributed by atoms with E-state index in [1.165, 1.54) is 28.6 Å². The van der Waals surface area contributed by atoms with Gasteiger partial charge in [0.25, 0.3) is 5.91 Å². The number of esters is 1. The van der Waals surface area contributed by atoms with Crippen LogP contribution in [0.5, 0.6) is 0 Å². The highest BCUT2D eigenvalue weighted by molar-refractivity contribution is 7.89. The SMILES string of the molecule is CCOC(=O)c1sc(NC(=O)c2ccc(S(=O)(=O)N(C)C3CC3)cc2)c(C#N)c1C. The molecular weight excluding hydrogens is 426 g/mol. The lowest BCUT2D eigenvalue weighted by Gasteiger charge is -2.16. The molecule has 2 aromatic rings. The number of hydrogen-bond donors (Lipinski definition) is 1. The Balaban J connectivity index is 1.80. The molecule has 8 nitrogen and oxygen atoms in total. The molecular formula is C20H21N3O5S2. The summed E-state index contributed by atoms with van der Waals surface area (Å²) in [6.07, 6.45) is 1.71. The Labute approximate surface area is 179 Å². The minimum atomic E-state index is -3.60. The number of nitriles is 1. The van der Waals surface area contributed by atoms with Crippen molar-refractivity contribution in [3.8, 4) is 6.07 Å². The van der Waals surface area contributed by atoms with Gasteiger partial charge in [-0.3, -0.25) is 4.79 Å². The summed E-state index contributed by atoms with van der Waals surface area (Å²) in [6.45, 7) is 3.50. The number of amides is 1. The zero-order valence-electron chi connectivity index (χ0n) is 16.8. The number of hydrogen-bond acceptors (Lipinski definition) is 7. The molecule has 1 aliphatic rings. The van der Waals surface area contributed by atoms with Crippen LogP contribution in [0.15, 0.2) is 29.2 Å². The van der Waals surface area contributed by atoms with Gasteiger partial charge in [-0.2, -0.15) is 9.57 Å². The van der Waals surface area contributed by atoms with Gasteiger partial charge in [-0.25, -0.2) is 13.2 Å². The lowest BCUT2D eigenvalue weighted by atomic mass is 10.1. The Morgan fingerprint density at radius 1 is 1.30 bits per heavy atom. The number of thiophene rings is 1. The van der Waals surface area contributed by atoms with Gasteiger partial charge in [0, 0.05) is 18.7 Å². The maximum atomic E-state index is 12.6. The summed E-state index contributed by atoms with van der Waals surface area (Å²) in [5.41, 5.74) is 0.873. The number of benzene rings is 1. The highest BCUT2D eigenvalue weighted by Crippen LogP contribution is 2.34. The molecule has 0 aliphatic heterocycles. The van der Waals surface area contributed by atoms with Gasteiger partial charge in [-0.15, -0.1) is 11.3 Å². The highest BCUT2D eigenvalue weighted by atomic mass is 32.2. The van der Waals surface area contributed by atoms with Gasteiger partial charge in [0.1, 0.15) is 15.9 Å². The second-order valence-electron chi connectivity index (χ2n) is 6.82. The molecule has 0 saturated heterocycles. The predicted molar refractivity (Wildman–Crippen MR) is 112 cm³/mol. The average molecular weight is 448 g/mol. The molecule has 0 atom stereocenters. The van der Waals surface area contributed by atoms with Crippen LogP contribution in [-0.2, 0) is 14.8 Å². The van der Waals surface area contributed by atoms with E-state index in [0.29, 0.717) is 5.56 Å². The van der Waals surface area contributed by atoms with E-state index in [0.717, 1.165) is 24.2 Å². The van der Waals surface area contributed by atoms with Crippen LogP contribution in [0.3, 0.4) is 0 Å². The van der Waals surface area contributed by atoms with Gasteiger partial charge in [-0.05, 0) is 56.5 Å². The Morgan fingerprint density at radius 2 is 1.93 bits per heavy atom. The summed E-state index contributed by atoms with van der Waals surface area (Å²) in [4.78, 5) is 25.0. The van der Waals surface area contributed by atoms with E-state index in [2.05, 4.69) is 5.32 Å². The molecule has 1 aliphatic carbocycles. The van der Waals surface area contributed by atoms with Crippen molar-refractivity contribution in [2.45, 2.75) is 37.6 Å². The number of rotatable bonds is 7. The van der Waals surface area contributed by atoms with E-state index in [1.54, 1.807) is 20.9 Å². The molecule has 158 valence electrons. The van der Waals surface area contributed by atoms with Crippen LogP contribution in [0.1, 0.15) is 50.9 Å². The number of nitrogens with zero attached hydrogens (tertiary/aromatic N) is 2. The summed E-state index contributed by atoms with van der Waals surface area (Å²) >= 11 is 0.972. The first-order chi connectivity index (χ1) is 14.2. The molecule has 1 heterocycles. The number of ether oxygens (including phenoxy) is 1. The molecule has 1 N–H and O–H groups in total. The number of carbonyl (C=O) groups is 2. The topological polar surface area (TPSA) is 117 Å². The van der Waals surface area contributed by atoms with Gasteiger partial charge < -0.3 is 10.1 Å². The Morgan fingerprint density at radius 3 is 2.47 bits per heavy atom. The zero-order chi connectivity index (χ0) is 22.1. The molecule has 1 aromatic heterocycles. The summed E-state index contributed by atoms with van der Waals surface area (Å²) < 4.78 is 31.5. The molecule has 1 saturated carbocycles. The van der Waals surface area contributed by atoms with Crippen LogP contribution < -0.4 is 5.32 Å². The second kappa shape index (κ2) is 8.55. The number of sulfonamides is 1. The normalized spacial score (nSPS) is 13.7. The van der Waals surface area contributed by atoms with Crippen molar-refractivity contribution in [1.82, 2.24) is 4.31 Å². The second-order valence-corrected chi connectivity index (χ2v) is 9.84. The highest BCUT2D eigenvalue weighted by Gasteiger charge is 2.35. The van der Waals surface area contributed by atoms with Crippen molar-refractivity contribution in [3.05, 3.63) is 45.8 Å². The molecule has 30 heavy (non-hydrogen) atoms. The van der Waals surface area contributed by atoms with Gasteiger partial charge in [0.2, 0.25) is 10.0 Å². The monoisotopic (exact) mass is 447 g/mol. The number of carbonyl (C=O) groups excluding carboxylic acids is 2. The minimum absolute atomic E-state index is 0.0399. The summed E-state index contributed by atoms with van der Waals surface area (Å²) in [5.74, 6) is -1.06. The number of nitrogens with one attached hydrogen (secondary N) is 1. The van der Waals surface area contributed by atoms with Gasteiger partial charge in [-0.1, -0.05) is 0 Å². The zero-order valence-corrected chi connectivity index (χ0v) is 18.4. The average Bonchev–Trinajstić information content (AvgIpc) is 3.52. The third-order valence-electron chi connectivity index (χ3n) is 4.80. The first kappa shape index (κ1) is 22.0. The van der Waals surface area contributed by atoms with Gasteiger partial charge in [0.05, 0.1) is 17.1 Å². The van der Waals surface area contributed by atoms with E-state index in [4.69, 9.17) is 4.74 Å². The molecule has 10 heteroatoms. The fraction of sp³-hybridized carbons (Fsp3) is 0.350. The maximum absolute atomic E-state index is 12.6. The first-order valence-electron chi connectivity index (χ1n) is 9.30. The van der Waals surface area contributed by atoms with Gasteiger partial charge >= 0.3 is 5.97 Å². The molecule has 0 spiro atoms. The summed E-state index contributed by atoms with van der Waals surface area (Å²) in [5, 5.41) is 12.3. The smallest absolute Gasteiger partial charge is 0.348 e.